The lowest BCUT2D eigenvalue weighted by molar-refractivity contribution is -0.121. The van der Waals surface area contributed by atoms with E-state index in [1.807, 2.05) is 6.07 Å². The number of methoxy groups -OCH3 is 2. The van der Waals surface area contributed by atoms with E-state index < -0.39 is 6.04 Å². The molecule has 0 fully saturated rings. The van der Waals surface area contributed by atoms with Gasteiger partial charge in [-0.15, -0.1) is 0 Å². The number of ether oxygens (including phenoxy) is 2. The highest BCUT2D eigenvalue weighted by Gasteiger charge is 2.15. The molecule has 1 amide bonds. The Hall–Kier alpha value is -2.22. The van der Waals surface area contributed by atoms with E-state index in [9.17, 15) is 4.79 Å². The lowest BCUT2D eigenvalue weighted by Crippen LogP contribution is -2.26. The quantitative estimate of drug-likeness (QED) is 0.862. The van der Waals surface area contributed by atoms with Crippen LogP contribution in [-0.4, -0.2) is 20.1 Å². The molecule has 0 aromatic heterocycles. The Morgan fingerprint density at radius 3 is 2.56 bits per heavy atom. The first-order valence-electron chi connectivity index (χ1n) is 5.57. The van der Waals surface area contributed by atoms with Gasteiger partial charge in [0.15, 0.2) is 11.5 Å². The Bertz CT molecular complexity index is 466. The number of amides is 1. The molecule has 1 rings (SSSR count). The Morgan fingerprint density at radius 2 is 2.06 bits per heavy atom. The van der Waals surface area contributed by atoms with Gasteiger partial charge >= 0.3 is 0 Å². The van der Waals surface area contributed by atoms with Crippen molar-refractivity contribution in [1.82, 2.24) is 5.32 Å². The Labute approximate surface area is 106 Å². The molecule has 96 valence electrons. The van der Waals surface area contributed by atoms with Gasteiger partial charge in [0, 0.05) is 6.42 Å². The summed E-state index contributed by atoms with van der Waals surface area (Å²) in [5.41, 5.74) is 0.664. The molecule has 1 unspecified atom stereocenters. The number of carbonyl (C=O) groups is 1. The van der Waals surface area contributed by atoms with E-state index in [0.717, 1.165) is 0 Å². The second kappa shape index (κ2) is 6.50. The zero-order valence-corrected chi connectivity index (χ0v) is 10.7. The minimum atomic E-state index is -0.683. The lowest BCUT2D eigenvalue weighted by atomic mass is 10.1. The summed E-state index contributed by atoms with van der Waals surface area (Å²) >= 11 is 0. The molecular formula is C13H16N2O3. The maximum Gasteiger partial charge on any atom is 0.221 e. The minimum absolute atomic E-state index is 0.170. The topological polar surface area (TPSA) is 71.4 Å². The first kappa shape index (κ1) is 13.8. The summed E-state index contributed by atoms with van der Waals surface area (Å²) in [6.45, 7) is 1.73. The molecule has 1 atom stereocenters. The van der Waals surface area contributed by atoms with Gasteiger partial charge in [-0.25, -0.2) is 0 Å². The van der Waals surface area contributed by atoms with Crippen LogP contribution in [0, 0.1) is 11.3 Å². The molecule has 0 heterocycles. The fourth-order valence-corrected chi connectivity index (χ4v) is 1.49. The Balaban J connectivity index is 3.00. The molecule has 0 spiro atoms. The SMILES string of the molecule is CCC(=O)NC(C#N)c1ccc(OC)c(OC)c1. The van der Waals surface area contributed by atoms with Crippen molar-refractivity contribution in [3.63, 3.8) is 0 Å². The van der Waals surface area contributed by atoms with E-state index in [2.05, 4.69) is 5.32 Å². The molecule has 5 heteroatoms. The van der Waals surface area contributed by atoms with Crippen LogP contribution in [0.1, 0.15) is 24.9 Å². The van der Waals surface area contributed by atoms with Crippen LogP contribution in [0.4, 0.5) is 0 Å². The fourth-order valence-electron chi connectivity index (χ4n) is 1.49. The van der Waals surface area contributed by atoms with Crippen LogP contribution in [0.25, 0.3) is 0 Å². The third-order valence-corrected chi connectivity index (χ3v) is 2.50. The normalized spacial score (nSPS) is 11.2. The highest BCUT2D eigenvalue weighted by atomic mass is 16.5. The average molecular weight is 248 g/mol. The number of hydrogen-bond acceptors (Lipinski definition) is 4. The van der Waals surface area contributed by atoms with E-state index in [1.54, 1.807) is 25.1 Å². The molecule has 0 saturated carbocycles. The maximum atomic E-state index is 11.3. The minimum Gasteiger partial charge on any atom is -0.493 e. The summed E-state index contributed by atoms with van der Waals surface area (Å²) in [7, 11) is 3.06. The van der Waals surface area contributed by atoms with Crippen LogP contribution in [0.15, 0.2) is 18.2 Å². The third-order valence-electron chi connectivity index (χ3n) is 2.50. The molecule has 0 aliphatic rings. The first-order valence-corrected chi connectivity index (χ1v) is 5.57. The van der Waals surface area contributed by atoms with Gasteiger partial charge in [-0.1, -0.05) is 13.0 Å². The molecule has 1 aromatic carbocycles. The summed E-state index contributed by atoms with van der Waals surface area (Å²) in [5, 5.41) is 11.7. The maximum absolute atomic E-state index is 11.3. The number of hydrogen-bond donors (Lipinski definition) is 1. The Morgan fingerprint density at radius 1 is 1.39 bits per heavy atom. The van der Waals surface area contributed by atoms with E-state index in [0.29, 0.717) is 23.5 Å². The number of carbonyl (C=O) groups excluding carboxylic acids is 1. The van der Waals surface area contributed by atoms with Gasteiger partial charge in [0.2, 0.25) is 5.91 Å². The van der Waals surface area contributed by atoms with Crippen LogP contribution in [0.2, 0.25) is 0 Å². The summed E-state index contributed by atoms with van der Waals surface area (Å²) in [4.78, 5) is 11.3. The smallest absolute Gasteiger partial charge is 0.221 e. The highest BCUT2D eigenvalue weighted by molar-refractivity contribution is 5.76. The van der Waals surface area contributed by atoms with Gasteiger partial charge in [-0.05, 0) is 17.7 Å². The van der Waals surface area contributed by atoms with Crippen molar-refractivity contribution >= 4 is 5.91 Å². The van der Waals surface area contributed by atoms with Crippen molar-refractivity contribution in [1.29, 1.82) is 5.26 Å². The zero-order chi connectivity index (χ0) is 13.5. The number of nitrogens with one attached hydrogen (secondary N) is 1. The molecule has 0 saturated heterocycles. The number of benzene rings is 1. The van der Waals surface area contributed by atoms with Gasteiger partial charge in [0.05, 0.1) is 20.3 Å². The van der Waals surface area contributed by atoms with E-state index in [1.165, 1.54) is 14.2 Å². The molecule has 0 aliphatic carbocycles. The largest absolute Gasteiger partial charge is 0.493 e. The van der Waals surface area contributed by atoms with Crippen molar-refractivity contribution in [2.45, 2.75) is 19.4 Å². The predicted molar refractivity (Wildman–Crippen MR) is 66.3 cm³/mol. The van der Waals surface area contributed by atoms with Crippen LogP contribution >= 0.6 is 0 Å². The highest BCUT2D eigenvalue weighted by Crippen LogP contribution is 2.29. The standard InChI is InChI=1S/C13H16N2O3/c1-4-13(16)15-10(8-14)9-5-6-11(17-2)12(7-9)18-3/h5-7,10H,4H2,1-3H3,(H,15,16). The molecule has 1 aromatic rings. The molecule has 0 aliphatic heterocycles. The molecule has 1 N–H and O–H groups in total. The molecule has 18 heavy (non-hydrogen) atoms. The van der Waals surface area contributed by atoms with E-state index in [-0.39, 0.29) is 5.91 Å². The molecule has 0 bridgehead atoms. The van der Waals surface area contributed by atoms with Crippen LogP contribution < -0.4 is 14.8 Å². The van der Waals surface area contributed by atoms with Gasteiger partial charge in [-0.2, -0.15) is 5.26 Å². The Kier molecular flexibility index (Phi) is 5.00. The van der Waals surface area contributed by atoms with Crippen LogP contribution in [-0.2, 0) is 4.79 Å². The number of nitrogens with zero attached hydrogens (tertiary/aromatic N) is 1. The van der Waals surface area contributed by atoms with Crippen molar-refractivity contribution in [2.24, 2.45) is 0 Å². The predicted octanol–water partition coefficient (Wildman–Crippen LogP) is 1.79. The molecule has 5 nitrogen and oxygen atoms in total. The summed E-state index contributed by atoms with van der Waals surface area (Å²) in [5.74, 6) is 0.942. The van der Waals surface area contributed by atoms with Crippen LogP contribution in [0.5, 0.6) is 11.5 Å². The lowest BCUT2D eigenvalue weighted by Gasteiger charge is -2.14. The fraction of sp³-hybridized carbons (Fsp3) is 0.385. The average Bonchev–Trinajstić information content (AvgIpc) is 2.43. The van der Waals surface area contributed by atoms with Gasteiger partial charge in [0.1, 0.15) is 6.04 Å². The van der Waals surface area contributed by atoms with Crippen LogP contribution in [0.3, 0.4) is 0 Å². The zero-order valence-electron chi connectivity index (χ0n) is 10.7. The number of rotatable bonds is 5. The summed E-state index contributed by atoms with van der Waals surface area (Å²) in [6, 6.07) is 6.48. The molecular weight excluding hydrogens is 232 g/mol. The van der Waals surface area contributed by atoms with E-state index >= 15 is 0 Å². The van der Waals surface area contributed by atoms with Gasteiger partial charge < -0.3 is 14.8 Å². The van der Waals surface area contributed by atoms with Crippen molar-refractivity contribution in [3.8, 4) is 17.6 Å². The van der Waals surface area contributed by atoms with E-state index in [4.69, 9.17) is 14.7 Å². The first-order chi connectivity index (χ1) is 8.65. The van der Waals surface area contributed by atoms with Crippen molar-refractivity contribution in [3.05, 3.63) is 23.8 Å². The second-order valence-corrected chi connectivity index (χ2v) is 3.60. The second-order valence-electron chi connectivity index (χ2n) is 3.60. The summed E-state index contributed by atoms with van der Waals surface area (Å²) < 4.78 is 10.3. The van der Waals surface area contributed by atoms with Gasteiger partial charge in [-0.3, -0.25) is 4.79 Å². The monoisotopic (exact) mass is 248 g/mol. The summed E-state index contributed by atoms with van der Waals surface area (Å²) in [6.07, 6.45) is 0.339. The molecule has 0 radical (unpaired) electrons. The van der Waals surface area contributed by atoms with Crippen molar-refractivity contribution < 1.29 is 14.3 Å². The third kappa shape index (κ3) is 3.14. The van der Waals surface area contributed by atoms with Gasteiger partial charge in [0.25, 0.3) is 0 Å². The van der Waals surface area contributed by atoms with Crippen molar-refractivity contribution in [2.75, 3.05) is 14.2 Å². The number of nitriles is 1.